The SMILES string of the molecule is O=C(NO)[C@H]1CC2(CC2)CN[C@@H]1C(=O)N1CCC(c2cccc(C(F)(F)F)c2)C1. The Labute approximate surface area is 166 Å². The molecule has 1 saturated carbocycles. The molecule has 3 fully saturated rings. The van der Waals surface area contributed by atoms with Crippen molar-refractivity contribution in [2.24, 2.45) is 11.3 Å². The number of hydrogen-bond donors (Lipinski definition) is 3. The molecule has 2 aliphatic heterocycles. The van der Waals surface area contributed by atoms with Crippen molar-refractivity contribution in [3.8, 4) is 0 Å². The minimum absolute atomic E-state index is 0.0412. The van der Waals surface area contributed by atoms with Crippen LogP contribution >= 0.6 is 0 Å². The lowest BCUT2D eigenvalue weighted by atomic mass is 9.81. The van der Waals surface area contributed by atoms with Crippen LogP contribution in [0.2, 0.25) is 0 Å². The molecule has 4 rings (SSSR count). The molecule has 2 heterocycles. The summed E-state index contributed by atoms with van der Waals surface area (Å²) in [4.78, 5) is 26.9. The Hall–Kier alpha value is -2.13. The van der Waals surface area contributed by atoms with Crippen LogP contribution in [0.15, 0.2) is 24.3 Å². The number of nitrogens with one attached hydrogen (secondary N) is 2. The van der Waals surface area contributed by atoms with Crippen molar-refractivity contribution in [2.75, 3.05) is 19.6 Å². The van der Waals surface area contributed by atoms with E-state index >= 15 is 0 Å². The number of amides is 2. The standard InChI is InChI=1S/C20H24F3N3O3/c21-20(22,23)14-3-1-2-12(8-14)13-4-7-26(10-13)18(28)16-15(17(27)25-29)9-19(5-6-19)11-24-16/h1-3,8,13,15-16,24,29H,4-7,9-11H2,(H,25,27)/t13?,15-,16-/m0/s1. The number of hydroxylamine groups is 1. The number of alkyl halides is 3. The summed E-state index contributed by atoms with van der Waals surface area (Å²) in [6.07, 6.45) is -1.29. The van der Waals surface area contributed by atoms with Crippen molar-refractivity contribution >= 4 is 11.8 Å². The second-order valence-corrected chi connectivity index (χ2v) is 8.54. The highest BCUT2D eigenvalue weighted by Crippen LogP contribution is 2.52. The van der Waals surface area contributed by atoms with Gasteiger partial charge in [0.15, 0.2) is 0 Å². The summed E-state index contributed by atoms with van der Waals surface area (Å²) in [5.41, 5.74) is 1.59. The van der Waals surface area contributed by atoms with Crippen LogP contribution in [-0.2, 0) is 15.8 Å². The topological polar surface area (TPSA) is 81.7 Å². The summed E-state index contributed by atoms with van der Waals surface area (Å²) in [7, 11) is 0. The molecule has 3 atom stereocenters. The largest absolute Gasteiger partial charge is 0.416 e. The molecule has 1 aromatic carbocycles. The maximum absolute atomic E-state index is 13.1. The predicted octanol–water partition coefficient (Wildman–Crippen LogP) is 2.29. The zero-order valence-corrected chi connectivity index (χ0v) is 15.8. The zero-order valence-electron chi connectivity index (χ0n) is 15.8. The van der Waals surface area contributed by atoms with E-state index in [1.165, 1.54) is 6.07 Å². The molecular formula is C20H24F3N3O3. The lowest BCUT2D eigenvalue weighted by Crippen LogP contribution is -2.58. The monoisotopic (exact) mass is 411 g/mol. The minimum Gasteiger partial charge on any atom is -0.341 e. The summed E-state index contributed by atoms with van der Waals surface area (Å²) in [6, 6.07) is 4.51. The van der Waals surface area contributed by atoms with Gasteiger partial charge in [0.25, 0.3) is 0 Å². The molecule has 0 radical (unpaired) electrons. The van der Waals surface area contributed by atoms with Crippen molar-refractivity contribution in [2.45, 2.75) is 43.8 Å². The second kappa shape index (κ2) is 7.28. The molecule has 6 nitrogen and oxygen atoms in total. The zero-order chi connectivity index (χ0) is 20.8. The van der Waals surface area contributed by atoms with Crippen molar-refractivity contribution in [1.82, 2.24) is 15.7 Å². The van der Waals surface area contributed by atoms with E-state index < -0.39 is 29.6 Å². The normalized spacial score (nSPS) is 28.4. The first kappa shape index (κ1) is 20.2. The third-order valence-electron chi connectivity index (χ3n) is 6.61. The van der Waals surface area contributed by atoms with Crippen LogP contribution in [-0.4, -0.2) is 47.6 Å². The van der Waals surface area contributed by atoms with Crippen LogP contribution in [0.3, 0.4) is 0 Å². The van der Waals surface area contributed by atoms with Crippen molar-refractivity contribution in [3.63, 3.8) is 0 Å². The third kappa shape index (κ3) is 3.98. The number of likely N-dealkylation sites (tertiary alicyclic amines) is 1. The molecule has 0 aromatic heterocycles. The van der Waals surface area contributed by atoms with Crippen molar-refractivity contribution in [1.29, 1.82) is 0 Å². The Morgan fingerprint density at radius 2 is 2.03 bits per heavy atom. The smallest absolute Gasteiger partial charge is 0.341 e. The molecule has 158 valence electrons. The van der Waals surface area contributed by atoms with Gasteiger partial charge in [-0.2, -0.15) is 13.2 Å². The maximum atomic E-state index is 13.1. The number of rotatable bonds is 3. The number of halogens is 3. The summed E-state index contributed by atoms with van der Waals surface area (Å²) < 4.78 is 39.0. The fourth-order valence-electron chi connectivity index (χ4n) is 4.67. The average Bonchev–Trinajstić information content (AvgIpc) is 3.27. The average molecular weight is 411 g/mol. The van der Waals surface area contributed by atoms with E-state index in [4.69, 9.17) is 5.21 Å². The van der Waals surface area contributed by atoms with Crippen LogP contribution in [0.1, 0.15) is 42.7 Å². The first-order valence-electron chi connectivity index (χ1n) is 9.86. The lowest BCUT2D eigenvalue weighted by molar-refractivity contribution is -0.144. The molecule has 3 aliphatic rings. The molecule has 29 heavy (non-hydrogen) atoms. The maximum Gasteiger partial charge on any atom is 0.416 e. The van der Waals surface area contributed by atoms with Crippen molar-refractivity contribution < 1.29 is 28.0 Å². The van der Waals surface area contributed by atoms with E-state index in [2.05, 4.69) is 5.32 Å². The van der Waals surface area contributed by atoms with Gasteiger partial charge in [0.05, 0.1) is 17.5 Å². The van der Waals surface area contributed by atoms with Crippen LogP contribution in [0, 0.1) is 11.3 Å². The molecule has 1 aliphatic carbocycles. The number of piperidine rings is 1. The highest BCUT2D eigenvalue weighted by molar-refractivity contribution is 5.90. The first-order valence-corrected chi connectivity index (χ1v) is 9.86. The van der Waals surface area contributed by atoms with Gasteiger partial charge < -0.3 is 10.2 Å². The Balaban J connectivity index is 1.46. The van der Waals surface area contributed by atoms with Gasteiger partial charge in [-0.05, 0) is 42.7 Å². The molecule has 0 bridgehead atoms. The fraction of sp³-hybridized carbons (Fsp3) is 0.600. The van der Waals surface area contributed by atoms with Gasteiger partial charge in [0, 0.05) is 25.6 Å². The van der Waals surface area contributed by atoms with Crippen LogP contribution in [0.4, 0.5) is 13.2 Å². The van der Waals surface area contributed by atoms with Gasteiger partial charge in [-0.25, -0.2) is 5.48 Å². The molecule has 1 spiro atoms. The van der Waals surface area contributed by atoms with Gasteiger partial charge in [0.2, 0.25) is 11.8 Å². The van der Waals surface area contributed by atoms with Crippen molar-refractivity contribution in [3.05, 3.63) is 35.4 Å². The second-order valence-electron chi connectivity index (χ2n) is 8.54. The van der Waals surface area contributed by atoms with Gasteiger partial charge in [-0.15, -0.1) is 0 Å². The summed E-state index contributed by atoms with van der Waals surface area (Å²) in [5.74, 6) is -1.64. The van der Waals surface area contributed by atoms with E-state index in [9.17, 15) is 22.8 Å². The molecular weight excluding hydrogens is 387 g/mol. The van der Waals surface area contributed by atoms with E-state index in [1.54, 1.807) is 16.4 Å². The Morgan fingerprint density at radius 1 is 1.28 bits per heavy atom. The lowest BCUT2D eigenvalue weighted by Gasteiger charge is -2.37. The first-order chi connectivity index (χ1) is 13.7. The summed E-state index contributed by atoms with van der Waals surface area (Å²) >= 11 is 0. The quantitative estimate of drug-likeness (QED) is 0.527. The van der Waals surface area contributed by atoms with Gasteiger partial charge in [0.1, 0.15) is 0 Å². The Kier molecular flexibility index (Phi) is 5.06. The van der Waals surface area contributed by atoms with Gasteiger partial charge in [-0.1, -0.05) is 18.2 Å². The highest BCUT2D eigenvalue weighted by atomic mass is 19.4. The molecule has 2 saturated heterocycles. The molecule has 9 heteroatoms. The highest BCUT2D eigenvalue weighted by Gasteiger charge is 2.53. The fourth-order valence-corrected chi connectivity index (χ4v) is 4.67. The molecule has 1 aromatic rings. The number of nitrogens with zero attached hydrogens (tertiary/aromatic N) is 1. The number of hydrogen-bond acceptors (Lipinski definition) is 4. The predicted molar refractivity (Wildman–Crippen MR) is 96.9 cm³/mol. The number of benzene rings is 1. The molecule has 1 unspecified atom stereocenters. The van der Waals surface area contributed by atoms with Crippen LogP contribution < -0.4 is 10.8 Å². The Morgan fingerprint density at radius 3 is 2.69 bits per heavy atom. The summed E-state index contributed by atoms with van der Waals surface area (Å²) in [6.45, 7) is 1.40. The molecule has 3 N–H and O–H groups in total. The number of carbonyl (C=O) groups excluding carboxylic acids is 2. The minimum atomic E-state index is -4.40. The van der Waals surface area contributed by atoms with E-state index in [0.29, 0.717) is 38.0 Å². The van der Waals surface area contributed by atoms with Gasteiger partial charge in [-0.3, -0.25) is 14.8 Å². The molecule has 2 amide bonds. The van der Waals surface area contributed by atoms with E-state index in [1.807, 2.05) is 0 Å². The third-order valence-corrected chi connectivity index (χ3v) is 6.61. The Bertz CT molecular complexity index is 810. The van der Waals surface area contributed by atoms with E-state index in [-0.39, 0.29) is 17.2 Å². The summed E-state index contributed by atoms with van der Waals surface area (Å²) in [5, 5.41) is 12.3. The van der Waals surface area contributed by atoms with Gasteiger partial charge >= 0.3 is 6.18 Å². The van der Waals surface area contributed by atoms with Crippen LogP contribution in [0.5, 0.6) is 0 Å². The number of carbonyl (C=O) groups is 2. The van der Waals surface area contributed by atoms with Crippen LogP contribution in [0.25, 0.3) is 0 Å². The van der Waals surface area contributed by atoms with E-state index in [0.717, 1.165) is 25.0 Å².